The van der Waals surface area contributed by atoms with Crippen LogP contribution >= 0.6 is 37.9 Å². The quantitative estimate of drug-likeness (QED) is 0.448. The molecule has 0 N–H and O–H groups in total. The molecule has 0 aliphatic rings. The second-order valence-corrected chi connectivity index (χ2v) is 5.01. The third kappa shape index (κ3) is 9.01. The van der Waals surface area contributed by atoms with E-state index in [1.807, 2.05) is 13.8 Å². The zero-order valence-corrected chi connectivity index (χ0v) is 8.22. The maximum atomic E-state index is 5.06. The Morgan fingerprint density at radius 2 is 1.89 bits per heavy atom. The van der Waals surface area contributed by atoms with Crippen LogP contribution in [0.2, 0.25) is 0 Å². The predicted molar refractivity (Wildman–Crippen MR) is 50.8 cm³/mol. The Morgan fingerprint density at radius 1 is 1.44 bits per heavy atom. The Bertz CT molecular complexity index is 76.8. The van der Waals surface area contributed by atoms with Crippen LogP contribution in [0, 0.1) is 0 Å². The molecule has 0 aliphatic heterocycles. The lowest BCUT2D eigenvalue weighted by atomic mass is 10.2. The molecule has 9 heavy (non-hydrogen) atoms. The summed E-state index contributed by atoms with van der Waals surface area (Å²) in [6.45, 7) is 4.51. The molecule has 0 rings (SSSR count). The van der Waals surface area contributed by atoms with Gasteiger partial charge in [0.2, 0.25) is 0 Å². The molecular weight excluding hydrogens is 172 g/mol. The highest BCUT2D eigenvalue weighted by Gasteiger charge is 2.11. The average Bonchev–Trinajstić information content (AvgIpc) is 1.59. The Labute approximate surface area is 72.8 Å². The van der Waals surface area contributed by atoms with Gasteiger partial charge in [0.1, 0.15) is 4.77 Å². The Morgan fingerprint density at radius 3 is 2.00 bits per heavy atom. The van der Waals surface area contributed by atoms with Crippen molar-refractivity contribution in [2.24, 2.45) is 0 Å². The summed E-state index contributed by atoms with van der Waals surface area (Å²) >= 11 is 12.1. The molecular formula is C5H12OS3. The van der Waals surface area contributed by atoms with Crippen LogP contribution in [0.25, 0.3) is 0 Å². The van der Waals surface area contributed by atoms with Gasteiger partial charge in [0.05, 0.1) is 6.61 Å². The summed E-state index contributed by atoms with van der Waals surface area (Å²) in [5, 5.41) is 0. The van der Waals surface area contributed by atoms with Crippen LogP contribution in [0.3, 0.4) is 0 Å². The van der Waals surface area contributed by atoms with E-state index < -0.39 is 0 Å². The summed E-state index contributed by atoms with van der Waals surface area (Å²) < 4.78 is 4.67. The van der Waals surface area contributed by atoms with Crippen LogP contribution < -0.4 is 0 Å². The third-order valence-electron chi connectivity index (χ3n) is 0.586. The molecule has 0 aromatic heterocycles. The number of thiol groups is 3. The minimum atomic E-state index is -0.295. The lowest BCUT2D eigenvalue weighted by Crippen LogP contribution is -2.20. The van der Waals surface area contributed by atoms with Crippen LogP contribution in [-0.4, -0.2) is 16.1 Å². The smallest absolute Gasteiger partial charge is 0.144 e. The van der Waals surface area contributed by atoms with E-state index in [9.17, 15) is 0 Å². The third-order valence-corrected chi connectivity index (χ3v) is 1.01. The second-order valence-electron chi connectivity index (χ2n) is 2.45. The van der Waals surface area contributed by atoms with Crippen molar-refractivity contribution in [1.82, 2.24) is 0 Å². The highest BCUT2D eigenvalue weighted by Crippen LogP contribution is 2.14. The minimum absolute atomic E-state index is 0.0935. The predicted octanol–water partition coefficient (Wildman–Crippen LogP) is 1.85. The van der Waals surface area contributed by atoms with E-state index in [1.54, 1.807) is 0 Å². The van der Waals surface area contributed by atoms with Gasteiger partial charge in [-0.3, -0.25) is 0 Å². The van der Waals surface area contributed by atoms with E-state index in [1.165, 1.54) is 0 Å². The van der Waals surface area contributed by atoms with Crippen molar-refractivity contribution in [3.8, 4) is 0 Å². The molecule has 0 aromatic carbocycles. The van der Waals surface area contributed by atoms with Crippen LogP contribution in [0.5, 0.6) is 0 Å². The van der Waals surface area contributed by atoms with Crippen molar-refractivity contribution in [1.29, 1.82) is 0 Å². The number of hydrogen-bond acceptors (Lipinski definition) is 4. The SMILES string of the molecule is CC(C)(S)COC(S)S. The molecule has 0 heterocycles. The van der Waals surface area contributed by atoms with Crippen molar-refractivity contribution in [2.75, 3.05) is 6.61 Å². The van der Waals surface area contributed by atoms with E-state index >= 15 is 0 Å². The molecule has 0 spiro atoms. The first-order valence-electron chi connectivity index (χ1n) is 2.62. The van der Waals surface area contributed by atoms with Crippen molar-refractivity contribution in [2.45, 2.75) is 23.4 Å². The molecule has 0 aliphatic carbocycles. The van der Waals surface area contributed by atoms with E-state index in [4.69, 9.17) is 4.74 Å². The fraction of sp³-hybridized carbons (Fsp3) is 1.00. The summed E-state index contributed by atoms with van der Waals surface area (Å²) in [5.74, 6) is 0. The molecule has 0 amide bonds. The zero-order valence-electron chi connectivity index (χ0n) is 5.53. The molecule has 0 bridgehead atoms. The summed E-state index contributed by atoms with van der Waals surface area (Å²) in [7, 11) is 0. The van der Waals surface area contributed by atoms with Gasteiger partial charge in [-0.15, -0.1) is 25.3 Å². The molecule has 0 radical (unpaired) electrons. The average molecular weight is 184 g/mol. The molecule has 0 atom stereocenters. The van der Waals surface area contributed by atoms with Crippen LogP contribution in [0.4, 0.5) is 0 Å². The monoisotopic (exact) mass is 184 g/mol. The van der Waals surface area contributed by atoms with E-state index in [0.717, 1.165) is 0 Å². The van der Waals surface area contributed by atoms with Crippen molar-refractivity contribution < 1.29 is 4.74 Å². The van der Waals surface area contributed by atoms with Crippen molar-refractivity contribution >= 4 is 37.9 Å². The number of ether oxygens (including phenoxy) is 1. The van der Waals surface area contributed by atoms with Gasteiger partial charge in [0.15, 0.2) is 0 Å². The first kappa shape index (κ1) is 10.0. The van der Waals surface area contributed by atoms with Crippen LogP contribution in [0.1, 0.15) is 13.8 Å². The van der Waals surface area contributed by atoms with Gasteiger partial charge in [-0.1, -0.05) is 0 Å². The summed E-state index contributed by atoms with van der Waals surface area (Å²) in [6, 6.07) is 0. The van der Waals surface area contributed by atoms with E-state index in [0.29, 0.717) is 6.61 Å². The highest BCUT2D eigenvalue weighted by molar-refractivity contribution is 7.98. The number of rotatable bonds is 3. The first-order valence-corrected chi connectivity index (χ1v) is 4.10. The standard InChI is InChI=1S/C5H12OS3/c1-5(2,9)3-6-4(7)8/h4,7-9H,3H2,1-2H3. The van der Waals surface area contributed by atoms with Gasteiger partial charge in [-0.05, 0) is 13.8 Å². The van der Waals surface area contributed by atoms with Gasteiger partial charge in [0, 0.05) is 4.75 Å². The molecule has 0 fully saturated rings. The molecule has 4 heteroatoms. The maximum absolute atomic E-state index is 5.06. The Hall–Kier alpha value is 1.01. The Kier molecular flexibility index (Phi) is 4.46. The van der Waals surface area contributed by atoms with Gasteiger partial charge in [-0.2, -0.15) is 12.6 Å². The lowest BCUT2D eigenvalue weighted by Gasteiger charge is -2.17. The normalized spacial score (nSPS) is 12.7. The molecule has 0 aromatic rings. The van der Waals surface area contributed by atoms with Gasteiger partial charge < -0.3 is 4.74 Å². The van der Waals surface area contributed by atoms with Crippen molar-refractivity contribution in [3.05, 3.63) is 0 Å². The topological polar surface area (TPSA) is 9.23 Å². The molecule has 1 nitrogen and oxygen atoms in total. The maximum Gasteiger partial charge on any atom is 0.144 e. The Balaban J connectivity index is 3.28. The van der Waals surface area contributed by atoms with Gasteiger partial charge in [-0.25, -0.2) is 0 Å². The zero-order chi connectivity index (χ0) is 7.49. The van der Waals surface area contributed by atoms with Crippen LogP contribution in [0.15, 0.2) is 0 Å². The summed E-state index contributed by atoms with van der Waals surface area (Å²) in [5.41, 5.74) is 0. The summed E-state index contributed by atoms with van der Waals surface area (Å²) in [4.78, 5) is 0. The molecule has 0 unspecified atom stereocenters. The number of hydrogen-bond donors (Lipinski definition) is 3. The van der Waals surface area contributed by atoms with E-state index in [2.05, 4.69) is 37.9 Å². The highest BCUT2D eigenvalue weighted by atomic mass is 32.2. The van der Waals surface area contributed by atoms with Gasteiger partial charge >= 0.3 is 0 Å². The second kappa shape index (κ2) is 4.01. The fourth-order valence-corrected chi connectivity index (χ4v) is 0.502. The van der Waals surface area contributed by atoms with Crippen LogP contribution in [-0.2, 0) is 4.74 Å². The molecule has 56 valence electrons. The minimum Gasteiger partial charge on any atom is -0.357 e. The molecule has 0 saturated carbocycles. The van der Waals surface area contributed by atoms with Gasteiger partial charge in [0.25, 0.3) is 0 Å². The lowest BCUT2D eigenvalue weighted by molar-refractivity contribution is 0.148. The molecule has 0 saturated heterocycles. The fourth-order valence-electron chi connectivity index (χ4n) is 0.278. The largest absolute Gasteiger partial charge is 0.357 e. The summed E-state index contributed by atoms with van der Waals surface area (Å²) in [6.07, 6.45) is 0. The first-order chi connectivity index (χ1) is 3.92. The van der Waals surface area contributed by atoms with Crippen molar-refractivity contribution in [3.63, 3.8) is 0 Å². The van der Waals surface area contributed by atoms with E-state index in [-0.39, 0.29) is 9.52 Å².